The first-order chi connectivity index (χ1) is 15.3. The molecule has 0 saturated carbocycles. The number of hydrogen-bond donors (Lipinski definition) is 1. The van der Waals surface area contributed by atoms with Crippen LogP contribution in [0.25, 0.3) is 6.08 Å². The topological polar surface area (TPSA) is 77.1 Å². The summed E-state index contributed by atoms with van der Waals surface area (Å²) >= 11 is 6.59. The van der Waals surface area contributed by atoms with Crippen LogP contribution in [-0.2, 0) is 9.59 Å². The summed E-state index contributed by atoms with van der Waals surface area (Å²) in [4.78, 5) is 27.0. The van der Waals surface area contributed by atoms with E-state index in [1.165, 1.54) is 18.9 Å². The number of rotatable bonds is 8. The highest BCUT2D eigenvalue weighted by molar-refractivity contribution is 8.26. The zero-order valence-electron chi connectivity index (χ0n) is 18.2. The normalized spacial score (nSPS) is 14.8. The van der Waals surface area contributed by atoms with E-state index in [0.717, 1.165) is 5.56 Å². The molecule has 1 aliphatic rings. The number of nitrogens with zero attached hydrogens (tertiary/aromatic N) is 1. The van der Waals surface area contributed by atoms with Crippen LogP contribution in [0.2, 0.25) is 0 Å². The summed E-state index contributed by atoms with van der Waals surface area (Å²) in [6, 6.07) is 12.3. The number of thiocarbonyl (C=S) groups is 1. The first-order valence-electron chi connectivity index (χ1n) is 9.84. The highest BCUT2D eigenvalue weighted by atomic mass is 32.2. The molecule has 1 fully saturated rings. The summed E-state index contributed by atoms with van der Waals surface area (Å²) in [7, 11) is 3.08. The fourth-order valence-corrected chi connectivity index (χ4v) is 4.53. The van der Waals surface area contributed by atoms with Crippen molar-refractivity contribution < 1.29 is 23.8 Å². The molecule has 0 radical (unpaired) electrons. The number of hydrogen-bond acceptors (Lipinski definition) is 7. The molecule has 2 aromatic carbocycles. The molecule has 0 aromatic heterocycles. The van der Waals surface area contributed by atoms with Crippen LogP contribution in [0.5, 0.6) is 17.2 Å². The molecule has 0 aliphatic carbocycles. The van der Waals surface area contributed by atoms with Crippen LogP contribution < -0.4 is 19.5 Å². The van der Waals surface area contributed by atoms with Crippen molar-refractivity contribution in [3.63, 3.8) is 0 Å². The Bertz CT molecular complexity index is 1070. The Balaban J connectivity index is 1.67. The van der Waals surface area contributed by atoms with Crippen LogP contribution in [0.1, 0.15) is 19.4 Å². The van der Waals surface area contributed by atoms with Crippen molar-refractivity contribution in [2.45, 2.75) is 19.9 Å². The molecule has 1 heterocycles. The van der Waals surface area contributed by atoms with Gasteiger partial charge in [-0.25, -0.2) is 0 Å². The number of methoxy groups -OCH3 is 2. The van der Waals surface area contributed by atoms with E-state index in [2.05, 4.69) is 5.32 Å². The third-order valence-electron chi connectivity index (χ3n) is 4.54. The second kappa shape index (κ2) is 10.5. The number of anilines is 1. The Labute approximate surface area is 196 Å². The number of carbonyl (C=O) groups excluding carboxylic acids is 2. The third-order valence-corrected chi connectivity index (χ3v) is 5.87. The molecule has 7 nitrogen and oxygen atoms in total. The number of thioether (sulfide) groups is 1. The van der Waals surface area contributed by atoms with E-state index in [9.17, 15) is 9.59 Å². The predicted octanol–water partition coefficient (Wildman–Crippen LogP) is 4.33. The minimum absolute atomic E-state index is 0.00170. The summed E-state index contributed by atoms with van der Waals surface area (Å²) in [5, 5.41) is 2.75. The van der Waals surface area contributed by atoms with Crippen molar-refractivity contribution in [1.82, 2.24) is 4.90 Å². The first-order valence-corrected chi connectivity index (χ1v) is 11.1. The SMILES string of the molecule is COc1cccc(NC(=O)COc2ccc(/C=C3\SC(=S)N(C(C)C)C3=O)cc2OC)c1. The minimum atomic E-state index is -0.318. The Morgan fingerprint density at radius 3 is 2.59 bits per heavy atom. The number of ether oxygens (including phenoxy) is 3. The Morgan fingerprint density at radius 1 is 1.16 bits per heavy atom. The van der Waals surface area contributed by atoms with Crippen LogP contribution in [0.15, 0.2) is 47.4 Å². The molecule has 2 aromatic rings. The summed E-state index contributed by atoms with van der Waals surface area (Å²) < 4.78 is 16.7. The van der Waals surface area contributed by atoms with E-state index in [0.29, 0.717) is 32.2 Å². The fraction of sp³-hybridized carbons (Fsp3) is 0.261. The molecule has 0 unspecified atom stereocenters. The fourth-order valence-electron chi connectivity index (χ4n) is 3.01. The van der Waals surface area contributed by atoms with Gasteiger partial charge in [0.05, 0.1) is 19.1 Å². The van der Waals surface area contributed by atoms with Gasteiger partial charge in [-0.15, -0.1) is 0 Å². The zero-order chi connectivity index (χ0) is 23.3. The first kappa shape index (κ1) is 23.6. The Hall–Kier alpha value is -3.04. The van der Waals surface area contributed by atoms with Gasteiger partial charge in [-0.2, -0.15) is 0 Å². The highest BCUT2D eigenvalue weighted by Gasteiger charge is 2.33. The molecule has 32 heavy (non-hydrogen) atoms. The lowest BCUT2D eigenvalue weighted by molar-refractivity contribution is -0.123. The van der Waals surface area contributed by atoms with Crippen LogP contribution in [0.4, 0.5) is 5.69 Å². The lowest BCUT2D eigenvalue weighted by atomic mass is 10.1. The third kappa shape index (κ3) is 5.60. The average molecular weight is 473 g/mol. The maximum absolute atomic E-state index is 12.6. The van der Waals surface area contributed by atoms with Crippen molar-refractivity contribution in [3.05, 3.63) is 52.9 Å². The molecule has 168 valence electrons. The van der Waals surface area contributed by atoms with Crippen molar-refractivity contribution in [3.8, 4) is 17.2 Å². The van der Waals surface area contributed by atoms with Gasteiger partial charge in [-0.1, -0.05) is 36.1 Å². The maximum atomic E-state index is 12.6. The molecule has 0 atom stereocenters. The second-order valence-electron chi connectivity index (χ2n) is 7.12. The number of carbonyl (C=O) groups is 2. The molecule has 1 aliphatic heterocycles. The zero-order valence-corrected chi connectivity index (χ0v) is 19.8. The van der Waals surface area contributed by atoms with E-state index >= 15 is 0 Å². The summed E-state index contributed by atoms with van der Waals surface area (Å²) in [6.07, 6.45) is 1.77. The average Bonchev–Trinajstić information content (AvgIpc) is 3.05. The van der Waals surface area contributed by atoms with Crippen molar-refractivity contribution >= 4 is 51.9 Å². The summed E-state index contributed by atoms with van der Waals surface area (Å²) in [5.74, 6) is 1.09. The van der Waals surface area contributed by atoms with E-state index in [-0.39, 0.29) is 24.5 Å². The standard InChI is InChI=1S/C23H24N2O5S2/c1-14(2)25-22(27)20(32-23(25)31)11-15-8-9-18(19(10-15)29-4)30-13-21(26)24-16-6-5-7-17(12-16)28-3/h5-12,14H,13H2,1-4H3,(H,24,26)/b20-11-. The molecule has 9 heteroatoms. The Kier molecular flexibility index (Phi) is 7.76. The van der Waals surface area contributed by atoms with E-state index in [1.807, 2.05) is 13.8 Å². The molecule has 0 spiro atoms. The molecule has 1 saturated heterocycles. The lowest BCUT2D eigenvalue weighted by Gasteiger charge is -2.18. The summed E-state index contributed by atoms with van der Waals surface area (Å²) in [5.41, 5.74) is 1.37. The molecule has 0 bridgehead atoms. The number of amides is 2. The van der Waals surface area contributed by atoms with E-state index in [1.54, 1.807) is 60.6 Å². The van der Waals surface area contributed by atoms with Gasteiger partial charge >= 0.3 is 0 Å². The largest absolute Gasteiger partial charge is 0.497 e. The van der Waals surface area contributed by atoms with Gasteiger partial charge in [0.15, 0.2) is 18.1 Å². The van der Waals surface area contributed by atoms with Crippen molar-refractivity contribution in [1.29, 1.82) is 0 Å². The molecule has 3 rings (SSSR count). The van der Waals surface area contributed by atoms with Gasteiger partial charge in [0.1, 0.15) is 10.1 Å². The molecular formula is C23H24N2O5S2. The molecular weight excluding hydrogens is 448 g/mol. The summed E-state index contributed by atoms with van der Waals surface area (Å²) in [6.45, 7) is 3.65. The minimum Gasteiger partial charge on any atom is -0.497 e. The van der Waals surface area contributed by atoms with Gasteiger partial charge < -0.3 is 19.5 Å². The van der Waals surface area contributed by atoms with Crippen molar-refractivity contribution in [2.75, 3.05) is 26.1 Å². The smallest absolute Gasteiger partial charge is 0.266 e. The van der Waals surface area contributed by atoms with Crippen LogP contribution in [-0.4, -0.2) is 47.9 Å². The molecule has 2 amide bonds. The van der Waals surface area contributed by atoms with Crippen LogP contribution in [0.3, 0.4) is 0 Å². The second-order valence-corrected chi connectivity index (χ2v) is 8.80. The number of benzene rings is 2. The number of nitrogens with one attached hydrogen (secondary N) is 1. The van der Waals surface area contributed by atoms with Gasteiger partial charge in [0.2, 0.25) is 0 Å². The van der Waals surface area contributed by atoms with Gasteiger partial charge in [-0.3, -0.25) is 14.5 Å². The highest BCUT2D eigenvalue weighted by Crippen LogP contribution is 2.35. The maximum Gasteiger partial charge on any atom is 0.266 e. The monoisotopic (exact) mass is 472 g/mol. The van der Waals surface area contributed by atoms with Gasteiger partial charge in [0, 0.05) is 17.8 Å². The van der Waals surface area contributed by atoms with E-state index in [4.69, 9.17) is 26.4 Å². The van der Waals surface area contributed by atoms with Gasteiger partial charge in [0.25, 0.3) is 11.8 Å². The quantitative estimate of drug-likeness (QED) is 0.453. The Morgan fingerprint density at radius 2 is 1.94 bits per heavy atom. The van der Waals surface area contributed by atoms with Crippen molar-refractivity contribution in [2.24, 2.45) is 0 Å². The molecule has 1 N–H and O–H groups in total. The lowest BCUT2D eigenvalue weighted by Crippen LogP contribution is -2.34. The van der Waals surface area contributed by atoms with Gasteiger partial charge in [-0.05, 0) is 49.8 Å². The van der Waals surface area contributed by atoms with E-state index < -0.39 is 0 Å². The van der Waals surface area contributed by atoms with Crippen LogP contribution >= 0.6 is 24.0 Å². The predicted molar refractivity (Wildman–Crippen MR) is 130 cm³/mol. The van der Waals surface area contributed by atoms with Crippen LogP contribution in [0, 0.1) is 0 Å².